The molecule has 1 heterocycles. The van der Waals surface area contributed by atoms with E-state index in [9.17, 15) is 4.79 Å². The topological polar surface area (TPSA) is 42.1 Å². The summed E-state index contributed by atoms with van der Waals surface area (Å²) in [4.78, 5) is 14.5. The van der Waals surface area contributed by atoms with Crippen LogP contribution in [0.15, 0.2) is 16.9 Å². The summed E-state index contributed by atoms with van der Waals surface area (Å²) >= 11 is 0. The summed E-state index contributed by atoms with van der Waals surface area (Å²) in [6, 6.07) is 3.65. The van der Waals surface area contributed by atoms with Crippen molar-refractivity contribution in [3.05, 3.63) is 28.0 Å². The van der Waals surface area contributed by atoms with Crippen LogP contribution in [-0.4, -0.2) is 12.1 Å². The molecular formula is C12H19NO2. The van der Waals surface area contributed by atoms with Crippen LogP contribution < -0.4 is 10.3 Å². The lowest BCUT2D eigenvalue weighted by Gasteiger charge is -2.23. The van der Waals surface area contributed by atoms with Gasteiger partial charge in [-0.3, -0.25) is 9.78 Å². The van der Waals surface area contributed by atoms with Crippen molar-refractivity contribution in [3.63, 3.8) is 0 Å². The third-order valence-corrected chi connectivity index (χ3v) is 2.71. The lowest BCUT2D eigenvalue weighted by atomic mass is 9.81. The van der Waals surface area contributed by atoms with Gasteiger partial charge < -0.3 is 4.74 Å². The summed E-state index contributed by atoms with van der Waals surface area (Å²) in [7, 11) is 1.54. The number of methoxy groups -OCH3 is 1. The normalized spacial score (nSPS) is 11.5. The van der Waals surface area contributed by atoms with Crippen molar-refractivity contribution in [1.29, 1.82) is 0 Å². The molecule has 0 amide bonds. The highest BCUT2D eigenvalue weighted by molar-refractivity contribution is 5.24. The molecule has 0 fully saturated rings. The van der Waals surface area contributed by atoms with Crippen molar-refractivity contribution in [3.8, 4) is 5.88 Å². The van der Waals surface area contributed by atoms with Gasteiger partial charge in [0, 0.05) is 5.56 Å². The molecule has 3 nitrogen and oxygen atoms in total. The molecule has 3 heteroatoms. The minimum Gasteiger partial charge on any atom is -0.482 e. The van der Waals surface area contributed by atoms with Gasteiger partial charge in [0.1, 0.15) is 0 Å². The van der Waals surface area contributed by atoms with Gasteiger partial charge in [-0.1, -0.05) is 27.2 Å². The Hall–Kier alpha value is -1.25. The smallest absolute Gasteiger partial charge is 0.254 e. The first-order chi connectivity index (χ1) is 7.01. The number of aromatic nitrogens is 1. The van der Waals surface area contributed by atoms with Gasteiger partial charge in [-0.05, 0) is 24.0 Å². The number of rotatable bonds is 4. The number of ether oxygens (including phenoxy) is 1. The van der Waals surface area contributed by atoms with Crippen molar-refractivity contribution in [2.45, 2.75) is 39.0 Å². The van der Waals surface area contributed by atoms with Crippen molar-refractivity contribution in [1.82, 2.24) is 4.98 Å². The van der Waals surface area contributed by atoms with E-state index in [4.69, 9.17) is 4.74 Å². The van der Waals surface area contributed by atoms with Crippen LogP contribution >= 0.6 is 0 Å². The van der Waals surface area contributed by atoms with Crippen LogP contribution in [0.25, 0.3) is 0 Å². The molecule has 15 heavy (non-hydrogen) atoms. The number of hydrogen-bond donors (Lipinski definition) is 1. The molecule has 1 rings (SSSR count). The predicted octanol–water partition coefficient (Wildman–Crippen LogP) is 2.46. The Labute approximate surface area is 90.5 Å². The molecule has 0 saturated carbocycles. The second kappa shape index (κ2) is 4.51. The number of pyridine rings is 1. The van der Waals surface area contributed by atoms with Crippen LogP contribution in [-0.2, 0) is 5.41 Å². The van der Waals surface area contributed by atoms with Gasteiger partial charge in [-0.2, -0.15) is 0 Å². The van der Waals surface area contributed by atoms with Crippen LogP contribution in [0.4, 0.5) is 0 Å². The summed E-state index contributed by atoms with van der Waals surface area (Å²) in [6.07, 6.45) is 2.07. The first kappa shape index (κ1) is 11.8. The van der Waals surface area contributed by atoms with E-state index in [0.29, 0.717) is 5.88 Å². The lowest BCUT2D eigenvalue weighted by molar-refractivity contribution is 0.393. The summed E-state index contributed by atoms with van der Waals surface area (Å²) < 4.78 is 4.97. The third-order valence-electron chi connectivity index (χ3n) is 2.71. The SMILES string of the molecule is CCCC(C)(C)c1ccc(OC)[nH]c1=O. The zero-order chi connectivity index (χ0) is 11.5. The largest absolute Gasteiger partial charge is 0.482 e. The van der Waals surface area contributed by atoms with Crippen molar-refractivity contribution >= 4 is 0 Å². The molecule has 1 N–H and O–H groups in total. The van der Waals surface area contributed by atoms with Gasteiger partial charge in [0.15, 0.2) is 5.88 Å². The molecule has 1 aromatic rings. The molecule has 0 aromatic carbocycles. The zero-order valence-corrected chi connectivity index (χ0v) is 9.89. The number of nitrogens with one attached hydrogen (secondary N) is 1. The van der Waals surface area contributed by atoms with E-state index in [0.717, 1.165) is 18.4 Å². The minimum absolute atomic E-state index is 0.0483. The van der Waals surface area contributed by atoms with E-state index < -0.39 is 0 Å². The second-order valence-electron chi connectivity index (χ2n) is 4.40. The maximum absolute atomic E-state index is 11.8. The van der Waals surface area contributed by atoms with E-state index in [1.807, 2.05) is 6.07 Å². The van der Waals surface area contributed by atoms with E-state index >= 15 is 0 Å². The maximum Gasteiger partial charge on any atom is 0.254 e. The number of hydrogen-bond acceptors (Lipinski definition) is 2. The highest BCUT2D eigenvalue weighted by Crippen LogP contribution is 2.25. The van der Waals surface area contributed by atoms with E-state index in [1.165, 1.54) is 0 Å². The fourth-order valence-electron chi connectivity index (χ4n) is 1.87. The highest BCUT2D eigenvalue weighted by atomic mass is 16.5. The fourth-order valence-corrected chi connectivity index (χ4v) is 1.87. The molecule has 84 valence electrons. The molecule has 0 unspecified atom stereocenters. The average molecular weight is 209 g/mol. The minimum atomic E-state index is -0.0748. The molecule has 0 aliphatic heterocycles. The van der Waals surface area contributed by atoms with Gasteiger partial charge in [-0.15, -0.1) is 0 Å². The van der Waals surface area contributed by atoms with Gasteiger partial charge in [0.25, 0.3) is 5.56 Å². The van der Waals surface area contributed by atoms with E-state index in [2.05, 4.69) is 25.8 Å². The lowest BCUT2D eigenvalue weighted by Crippen LogP contribution is -2.27. The first-order valence-corrected chi connectivity index (χ1v) is 5.29. The molecule has 0 atom stereocenters. The molecule has 0 aliphatic rings. The van der Waals surface area contributed by atoms with Crippen molar-refractivity contribution in [2.75, 3.05) is 7.11 Å². The van der Waals surface area contributed by atoms with Crippen LogP contribution in [0.5, 0.6) is 5.88 Å². The molecule has 1 aromatic heterocycles. The van der Waals surface area contributed by atoms with Crippen LogP contribution in [0.2, 0.25) is 0 Å². The van der Waals surface area contributed by atoms with Gasteiger partial charge in [0.2, 0.25) is 0 Å². The average Bonchev–Trinajstić information content (AvgIpc) is 2.17. The highest BCUT2D eigenvalue weighted by Gasteiger charge is 2.22. The van der Waals surface area contributed by atoms with E-state index in [1.54, 1.807) is 13.2 Å². The van der Waals surface area contributed by atoms with Gasteiger partial charge in [0.05, 0.1) is 7.11 Å². The fraction of sp³-hybridized carbons (Fsp3) is 0.583. The van der Waals surface area contributed by atoms with Gasteiger partial charge >= 0.3 is 0 Å². The molecule has 0 aliphatic carbocycles. The summed E-state index contributed by atoms with van der Waals surface area (Å²) in [5, 5.41) is 0. The van der Waals surface area contributed by atoms with Gasteiger partial charge in [-0.25, -0.2) is 0 Å². The molecule has 0 bridgehead atoms. The number of H-pyrrole nitrogens is 1. The number of aromatic amines is 1. The Kier molecular flexibility index (Phi) is 3.56. The predicted molar refractivity (Wildman–Crippen MR) is 61.5 cm³/mol. The van der Waals surface area contributed by atoms with Crippen LogP contribution in [0, 0.1) is 0 Å². The van der Waals surface area contributed by atoms with E-state index in [-0.39, 0.29) is 11.0 Å². The van der Waals surface area contributed by atoms with Crippen LogP contribution in [0.3, 0.4) is 0 Å². The van der Waals surface area contributed by atoms with Crippen LogP contribution in [0.1, 0.15) is 39.2 Å². The molecule has 0 radical (unpaired) electrons. The Bertz CT molecular complexity index is 379. The third kappa shape index (κ3) is 2.61. The second-order valence-corrected chi connectivity index (χ2v) is 4.40. The Morgan fingerprint density at radius 2 is 2.07 bits per heavy atom. The monoisotopic (exact) mass is 209 g/mol. The first-order valence-electron chi connectivity index (χ1n) is 5.29. The van der Waals surface area contributed by atoms with Crippen molar-refractivity contribution in [2.24, 2.45) is 0 Å². The standard InChI is InChI=1S/C12H19NO2/c1-5-8-12(2,3)9-6-7-10(15-4)13-11(9)14/h6-7H,5,8H2,1-4H3,(H,13,14). The Balaban J connectivity index is 3.10. The maximum atomic E-state index is 11.8. The quantitative estimate of drug-likeness (QED) is 0.827. The zero-order valence-electron chi connectivity index (χ0n) is 9.89. The molecule has 0 saturated heterocycles. The summed E-state index contributed by atoms with van der Waals surface area (Å²) in [5.41, 5.74) is 0.701. The summed E-state index contributed by atoms with van der Waals surface area (Å²) in [6.45, 7) is 6.31. The Morgan fingerprint density at radius 3 is 2.53 bits per heavy atom. The molecular weight excluding hydrogens is 190 g/mol. The summed E-state index contributed by atoms with van der Waals surface area (Å²) in [5.74, 6) is 0.510. The van der Waals surface area contributed by atoms with Crippen molar-refractivity contribution < 1.29 is 4.74 Å². The molecule has 0 spiro atoms. The Morgan fingerprint density at radius 1 is 1.40 bits per heavy atom.